The molecule has 0 aliphatic rings. The molecule has 1 amide bonds. The summed E-state index contributed by atoms with van der Waals surface area (Å²) in [6.07, 6.45) is 4.40. The van der Waals surface area contributed by atoms with Crippen molar-refractivity contribution in [3.63, 3.8) is 0 Å². The number of carbonyl (C=O) groups excluding carboxylic acids is 1. The zero-order chi connectivity index (χ0) is 15.5. The Bertz CT molecular complexity index is 417. The molecule has 3 N–H and O–H groups in total. The summed E-state index contributed by atoms with van der Waals surface area (Å²) < 4.78 is 28.2. The Morgan fingerprint density at radius 1 is 1.14 bits per heavy atom. The van der Waals surface area contributed by atoms with E-state index in [-0.39, 0.29) is 24.1 Å². The van der Waals surface area contributed by atoms with E-state index in [9.17, 15) is 13.6 Å². The zero-order valence-corrected chi connectivity index (χ0v) is 13.2. The van der Waals surface area contributed by atoms with Crippen LogP contribution in [-0.2, 0) is 11.3 Å². The maximum absolute atomic E-state index is 12.0. The highest BCUT2D eigenvalue weighted by Gasteiger charge is 2.04. The standard InChI is InChI=1S/C15H22F2N2O2.ClH/c16-15(17)21-13-8-6-12(7-9-13)11-19-14(20)5-3-1-2-4-10-18;/h6-9,15H,1-5,10-11,18H2,(H,19,20);1H. The van der Waals surface area contributed by atoms with Crippen LogP contribution in [0, 0.1) is 0 Å². The number of benzene rings is 1. The number of carbonyl (C=O) groups is 1. The van der Waals surface area contributed by atoms with E-state index in [2.05, 4.69) is 10.1 Å². The molecule has 4 nitrogen and oxygen atoms in total. The van der Waals surface area contributed by atoms with Gasteiger partial charge in [-0.1, -0.05) is 25.0 Å². The topological polar surface area (TPSA) is 64.4 Å². The highest BCUT2D eigenvalue weighted by atomic mass is 35.5. The van der Waals surface area contributed by atoms with E-state index in [4.69, 9.17) is 5.73 Å². The normalized spacial score (nSPS) is 10.2. The molecule has 0 saturated carbocycles. The first-order chi connectivity index (χ1) is 10.1. The first kappa shape index (κ1) is 20.6. The van der Waals surface area contributed by atoms with E-state index in [1.165, 1.54) is 12.1 Å². The van der Waals surface area contributed by atoms with Gasteiger partial charge < -0.3 is 15.8 Å². The van der Waals surface area contributed by atoms with Gasteiger partial charge in [0.05, 0.1) is 0 Å². The van der Waals surface area contributed by atoms with Crippen LogP contribution in [0.15, 0.2) is 24.3 Å². The third-order valence-corrected chi connectivity index (χ3v) is 3.00. The van der Waals surface area contributed by atoms with Crippen LogP contribution in [0.3, 0.4) is 0 Å². The van der Waals surface area contributed by atoms with Crippen LogP contribution in [0.25, 0.3) is 0 Å². The maximum atomic E-state index is 12.0. The van der Waals surface area contributed by atoms with E-state index < -0.39 is 6.61 Å². The first-order valence-corrected chi connectivity index (χ1v) is 7.12. The van der Waals surface area contributed by atoms with Gasteiger partial charge in [-0.25, -0.2) is 0 Å². The van der Waals surface area contributed by atoms with Crippen molar-refractivity contribution in [2.75, 3.05) is 6.54 Å². The predicted octanol–water partition coefficient (Wildman–Crippen LogP) is 3.24. The molecular formula is C15H23ClF2N2O2. The van der Waals surface area contributed by atoms with Gasteiger partial charge >= 0.3 is 6.61 Å². The van der Waals surface area contributed by atoms with Crippen LogP contribution in [0.1, 0.15) is 37.7 Å². The molecule has 0 unspecified atom stereocenters. The van der Waals surface area contributed by atoms with Gasteiger partial charge in [0.2, 0.25) is 5.91 Å². The summed E-state index contributed by atoms with van der Waals surface area (Å²) in [7, 11) is 0. The molecule has 0 saturated heterocycles. The minimum absolute atomic E-state index is 0. The summed E-state index contributed by atoms with van der Waals surface area (Å²) in [5.41, 5.74) is 6.23. The van der Waals surface area contributed by atoms with Crippen molar-refractivity contribution in [1.29, 1.82) is 0 Å². The number of nitrogens with one attached hydrogen (secondary N) is 1. The number of hydrogen-bond acceptors (Lipinski definition) is 3. The SMILES string of the molecule is Cl.NCCCCCCC(=O)NCc1ccc(OC(F)F)cc1. The molecule has 7 heteroatoms. The molecule has 0 heterocycles. The average molecular weight is 337 g/mol. The van der Waals surface area contributed by atoms with Crippen molar-refractivity contribution in [1.82, 2.24) is 5.32 Å². The molecule has 0 atom stereocenters. The van der Waals surface area contributed by atoms with Crippen molar-refractivity contribution in [2.24, 2.45) is 5.73 Å². The predicted molar refractivity (Wildman–Crippen MR) is 84.3 cm³/mol. The van der Waals surface area contributed by atoms with Gasteiger partial charge in [0.25, 0.3) is 0 Å². The number of hydrogen-bond donors (Lipinski definition) is 2. The summed E-state index contributed by atoms with van der Waals surface area (Å²) in [6, 6.07) is 6.22. The molecule has 0 aliphatic carbocycles. The number of amides is 1. The number of halogens is 3. The molecule has 0 radical (unpaired) electrons. The molecule has 1 rings (SSSR count). The fourth-order valence-electron chi connectivity index (χ4n) is 1.86. The van der Waals surface area contributed by atoms with E-state index in [0.717, 1.165) is 31.2 Å². The van der Waals surface area contributed by atoms with Crippen molar-refractivity contribution in [2.45, 2.75) is 45.3 Å². The molecule has 0 aliphatic heterocycles. The first-order valence-electron chi connectivity index (χ1n) is 7.12. The summed E-state index contributed by atoms with van der Waals surface area (Å²) in [5, 5.41) is 2.80. The molecule has 0 aromatic heterocycles. The number of nitrogens with two attached hydrogens (primary N) is 1. The second-order valence-corrected chi connectivity index (χ2v) is 4.75. The van der Waals surface area contributed by atoms with Gasteiger partial charge in [-0.3, -0.25) is 4.79 Å². The quantitative estimate of drug-likeness (QED) is 0.645. The number of unbranched alkanes of at least 4 members (excludes halogenated alkanes) is 3. The summed E-state index contributed by atoms with van der Waals surface area (Å²) in [4.78, 5) is 11.6. The largest absolute Gasteiger partial charge is 0.435 e. The average Bonchev–Trinajstić information content (AvgIpc) is 2.46. The highest BCUT2D eigenvalue weighted by molar-refractivity contribution is 5.85. The number of rotatable bonds is 10. The lowest BCUT2D eigenvalue weighted by Crippen LogP contribution is -2.22. The van der Waals surface area contributed by atoms with Crippen LogP contribution in [0.4, 0.5) is 8.78 Å². The van der Waals surface area contributed by atoms with E-state index in [0.29, 0.717) is 19.5 Å². The van der Waals surface area contributed by atoms with Crippen molar-refractivity contribution < 1.29 is 18.3 Å². The Kier molecular flexibility index (Phi) is 11.4. The highest BCUT2D eigenvalue weighted by Crippen LogP contribution is 2.14. The van der Waals surface area contributed by atoms with Crippen molar-refractivity contribution in [3.05, 3.63) is 29.8 Å². The summed E-state index contributed by atoms with van der Waals surface area (Å²) >= 11 is 0. The zero-order valence-electron chi connectivity index (χ0n) is 12.4. The van der Waals surface area contributed by atoms with Crippen LogP contribution in [-0.4, -0.2) is 19.1 Å². The lowest BCUT2D eigenvalue weighted by molar-refractivity contribution is -0.121. The molecule has 0 spiro atoms. The second-order valence-electron chi connectivity index (χ2n) is 4.75. The number of ether oxygens (including phenoxy) is 1. The minimum atomic E-state index is -2.82. The van der Waals surface area contributed by atoms with Crippen LogP contribution >= 0.6 is 12.4 Å². The molecular weight excluding hydrogens is 314 g/mol. The third kappa shape index (κ3) is 9.52. The third-order valence-electron chi connectivity index (χ3n) is 3.00. The van der Waals surface area contributed by atoms with Crippen LogP contribution in [0.5, 0.6) is 5.75 Å². The Balaban J connectivity index is 0.00000441. The van der Waals surface area contributed by atoms with E-state index in [1.807, 2.05) is 0 Å². The number of alkyl halides is 2. The molecule has 126 valence electrons. The maximum Gasteiger partial charge on any atom is 0.387 e. The molecule has 22 heavy (non-hydrogen) atoms. The second kappa shape index (κ2) is 12.2. The lowest BCUT2D eigenvalue weighted by Gasteiger charge is -2.07. The Hall–Kier alpha value is -1.40. The molecule has 0 bridgehead atoms. The van der Waals surface area contributed by atoms with Gasteiger partial charge in [-0.15, -0.1) is 12.4 Å². The summed E-state index contributed by atoms with van der Waals surface area (Å²) in [5.74, 6) is 0.107. The van der Waals surface area contributed by atoms with Crippen LogP contribution < -0.4 is 15.8 Å². The van der Waals surface area contributed by atoms with Crippen molar-refractivity contribution in [3.8, 4) is 5.75 Å². The lowest BCUT2D eigenvalue weighted by atomic mass is 10.1. The fraction of sp³-hybridized carbons (Fsp3) is 0.533. The van der Waals surface area contributed by atoms with Gasteiger partial charge in [0.1, 0.15) is 5.75 Å². The van der Waals surface area contributed by atoms with Crippen molar-refractivity contribution >= 4 is 18.3 Å². The Labute approximate surface area is 135 Å². The molecule has 1 aromatic rings. The molecule has 0 fully saturated rings. The van der Waals surface area contributed by atoms with Gasteiger partial charge in [-0.05, 0) is 37.1 Å². The smallest absolute Gasteiger partial charge is 0.387 e. The summed E-state index contributed by atoms with van der Waals surface area (Å²) in [6.45, 7) is -1.75. The van der Waals surface area contributed by atoms with Gasteiger partial charge in [-0.2, -0.15) is 8.78 Å². The van der Waals surface area contributed by atoms with Gasteiger partial charge in [0, 0.05) is 13.0 Å². The monoisotopic (exact) mass is 336 g/mol. The van der Waals surface area contributed by atoms with Crippen LogP contribution in [0.2, 0.25) is 0 Å². The van der Waals surface area contributed by atoms with E-state index >= 15 is 0 Å². The Morgan fingerprint density at radius 3 is 2.36 bits per heavy atom. The minimum Gasteiger partial charge on any atom is -0.435 e. The Morgan fingerprint density at radius 2 is 1.77 bits per heavy atom. The molecule has 1 aromatic carbocycles. The van der Waals surface area contributed by atoms with E-state index in [1.54, 1.807) is 12.1 Å². The van der Waals surface area contributed by atoms with Gasteiger partial charge in [0.15, 0.2) is 0 Å². The fourth-order valence-corrected chi connectivity index (χ4v) is 1.86.